The predicted octanol–water partition coefficient (Wildman–Crippen LogP) is 2.95. The Kier molecular flexibility index (Phi) is 8.96. The number of nitrogens with zero attached hydrogens (tertiary/aromatic N) is 4. The van der Waals surface area contributed by atoms with E-state index in [-0.39, 0.29) is 26.8 Å². The Bertz CT molecular complexity index is 1290. The molecule has 2 aromatic rings. The molecule has 3 heterocycles. The van der Waals surface area contributed by atoms with Gasteiger partial charge in [0.05, 0.1) is 37.4 Å². The van der Waals surface area contributed by atoms with Crippen molar-refractivity contribution in [3.8, 4) is 35.1 Å². The number of carbonyl (C=O) groups excluding carboxylic acids is 2. The molecule has 0 saturated carbocycles. The van der Waals surface area contributed by atoms with Crippen molar-refractivity contribution in [2.45, 2.75) is 25.9 Å². The Labute approximate surface area is 243 Å². The minimum Gasteiger partial charge on any atom is -0.465 e. The fourth-order valence-electron chi connectivity index (χ4n) is 5.68. The van der Waals surface area contributed by atoms with Gasteiger partial charge in [-0.15, -0.1) is 0 Å². The highest BCUT2D eigenvalue weighted by atomic mass is 16.7. The van der Waals surface area contributed by atoms with Crippen molar-refractivity contribution in [1.82, 2.24) is 9.80 Å². The number of fused-ring (bicyclic) bond motifs is 2. The van der Waals surface area contributed by atoms with Crippen LogP contribution in [0.5, 0.6) is 23.0 Å². The van der Waals surface area contributed by atoms with E-state index < -0.39 is 35.9 Å². The Balaban J connectivity index is 1.43. The zero-order chi connectivity index (χ0) is 29.6. The number of hydrogen-bond donors (Lipinski definition) is 0. The van der Waals surface area contributed by atoms with E-state index in [1.54, 1.807) is 38.1 Å². The smallest absolute Gasteiger partial charge is 0.325 e. The fourth-order valence-corrected chi connectivity index (χ4v) is 5.68. The largest absolute Gasteiger partial charge is 0.465 e. The molecule has 0 aromatic heterocycles. The summed E-state index contributed by atoms with van der Waals surface area (Å²) in [6.07, 6.45) is 0. The summed E-state index contributed by atoms with van der Waals surface area (Å²) in [5.74, 6) is -1.09. The molecule has 220 valence electrons. The lowest BCUT2D eigenvalue weighted by molar-refractivity contribution is -0.150. The summed E-state index contributed by atoms with van der Waals surface area (Å²) in [5, 5.41) is 20.2. The van der Waals surface area contributed by atoms with Crippen LogP contribution in [0.4, 0.5) is 0 Å². The van der Waals surface area contributed by atoms with Gasteiger partial charge in [0.2, 0.25) is 13.6 Å². The summed E-state index contributed by atoms with van der Waals surface area (Å²) in [7, 11) is 0. The van der Waals surface area contributed by atoms with E-state index in [1.807, 2.05) is 12.1 Å². The summed E-state index contributed by atoms with van der Waals surface area (Å²) >= 11 is 0. The molecule has 42 heavy (non-hydrogen) atoms. The summed E-state index contributed by atoms with van der Waals surface area (Å²) < 4.78 is 32.6. The SMILES string of the molecule is CCOC(=O)[C@H](C#N)[C@@H](c1ccc2c(c1)OCO2)N1CCN([C@@H](c2ccc3c(c2)OCO3)[C@@H](C#N)C(=O)OCC)CC1. The molecule has 12 nitrogen and oxygen atoms in total. The first-order valence-corrected chi connectivity index (χ1v) is 13.9. The third-order valence-corrected chi connectivity index (χ3v) is 7.60. The van der Waals surface area contributed by atoms with Gasteiger partial charge in [0.1, 0.15) is 0 Å². The third kappa shape index (κ3) is 5.77. The molecule has 0 bridgehead atoms. The maximum absolute atomic E-state index is 12.9. The molecule has 0 unspecified atom stereocenters. The molecule has 3 aliphatic rings. The fraction of sp³-hybridized carbons (Fsp3) is 0.467. The van der Waals surface area contributed by atoms with Crippen molar-refractivity contribution in [2.75, 3.05) is 53.0 Å². The van der Waals surface area contributed by atoms with Crippen LogP contribution in [0, 0.1) is 34.5 Å². The van der Waals surface area contributed by atoms with Crippen LogP contribution in [0.2, 0.25) is 0 Å². The maximum Gasteiger partial charge on any atom is 0.325 e. The maximum atomic E-state index is 12.9. The molecule has 3 aliphatic heterocycles. The number of carbonyl (C=O) groups is 2. The van der Waals surface area contributed by atoms with Crippen LogP contribution in [-0.4, -0.2) is 74.7 Å². The van der Waals surface area contributed by atoms with Gasteiger partial charge in [-0.05, 0) is 49.2 Å². The Morgan fingerprint density at radius 3 is 1.45 bits per heavy atom. The highest BCUT2D eigenvalue weighted by molar-refractivity contribution is 5.77. The van der Waals surface area contributed by atoms with Crippen LogP contribution in [0.1, 0.15) is 37.1 Å². The topological polar surface area (TPSA) is 144 Å². The van der Waals surface area contributed by atoms with Crippen LogP contribution in [0.15, 0.2) is 36.4 Å². The van der Waals surface area contributed by atoms with Gasteiger partial charge in [-0.2, -0.15) is 10.5 Å². The highest BCUT2D eigenvalue weighted by Gasteiger charge is 2.41. The standard InChI is InChI=1S/C30H32N4O8/c1-3-37-29(35)21(15-31)27(19-5-7-23-25(13-19)41-17-39-23)33-9-11-34(12-10-33)28(22(16-32)30(36)38-4-2)20-6-8-24-26(14-20)42-18-40-24/h5-8,13-14,21-22,27-28H,3-4,9-12,17-18H2,1-2H3/t21-,22-,27-,28+/m1/s1. The van der Waals surface area contributed by atoms with Gasteiger partial charge >= 0.3 is 11.9 Å². The van der Waals surface area contributed by atoms with Crippen molar-refractivity contribution >= 4 is 11.9 Å². The van der Waals surface area contributed by atoms with Gasteiger partial charge in [-0.1, -0.05) is 12.1 Å². The molecule has 5 rings (SSSR count). The van der Waals surface area contributed by atoms with Crippen LogP contribution in [0.25, 0.3) is 0 Å². The van der Waals surface area contributed by atoms with Crippen LogP contribution < -0.4 is 18.9 Å². The average Bonchev–Trinajstić information content (AvgIpc) is 3.67. The number of esters is 2. The van der Waals surface area contributed by atoms with E-state index in [0.29, 0.717) is 49.2 Å². The Morgan fingerprint density at radius 2 is 1.10 bits per heavy atom. The van der Waals surface area contributed by atoms with Crippen LogP contribution in [-0.2, 0) is 19.1 Å². The quantitative estimate of drug-likeness (QED) is 0.384. The second-order valence-electron chi connectivity index (χ2n) is 9.90. The molecule has 2 aromatic carbocycles. The molecular weight excluding hydrogens is 544 g/mol. The van der Waals surface area contributed by atoms with Crippen molar-refractivity contribution < 1.29 is 38.0 Å². The highest BCUT2D eigenvalue weighted by Crippen LogP contribution is 2.41. The first-order valence-electron chi connectivity index (χ1n) is 13.9. The molecule has 0 radical (unpaired) electrons. The zero-order valence-corrected chi connectivity index (χ0v) is 23.5. The van der Waals surface area contributed by atoms with E-state index in [4.69, 9.17) is 28.4 Å². The monoisotopic (exact) mass is 576 g/mol. The summed E-state index contributed by atoms with van der Waals surface area (Å²) in [6.45, 7) is 5.68. The van der Waals surface area contributed by atoms with Gasteiger partial charge in [0, 0.05) is 26.2 Å². The van der Waals surface area contributed by atoms with E-state index in [9.17, 15) is 20.1 Å². The number of piperazine rings is 1. The van der Waals surface area contributed by atoms with Crippen molar-refractivity contribution in [3.05, 3.63) is 47.5 Å². The molecule has 1 saturated heterocycles. The van der Waals surface area contributed by atoms with Crippen LogP contribution in [0.3, 0.4) is 0 Å². The lowest BCUT2D eigenvalue weighted by Crippen LogP contribution is -2.52. The summed E-state index contributed by atoms with van der Waals surface area (Å²) in [4.78, 5) is 30.0. The predicted molar refractivity (Wildman–Crippen MR) is 145 cm³/mol. The lowest BCUT2D eigenvalue weighted by Gasteiger charge is -2.43. The molecular formula is C30H32N4O8. The molecule has 0 spiro atoms. The molecule has 0 amide bonds. The van der Waals surface area contributed by atoms with E-state index in [0.717, 1.165) is 11.1 Å². The van der Waals surface area contributed by atoms with Crippen molar-refractivity contribution in [2.24, 2.45) is 11.8 Å². The Morgan fingerprint density at radius 1 is 0.714 bits per heavy atom. The minimum absolute atomic E-state index is 0.101. The Hall–Kier alpha value is -4.52. The number of ether oxygens (including phenoxy) is 6. The molecule has 4 atom stereocenters. The van der Waals surface area contributed by atoms with Crippen LogP contribution >= 0.6 is 0 Å². The summed E-state index contributed by atoms with van der Waals surface area (Å²) in [5.41, 5.74) is 1.45. The normalized spacial score (nSPS) is 18.7. The van der Waals surface area contributed by atoms with Gasteiger partial charge in [0.15, 0.2) is 34.8 Å². The first-order chi connectivity index (χ1) is 20.5. The van der Waals surface area contributed by atoms with E-state index in [1.165, 1.54) is 0 Å². The second-order valence-corrected chi connectivity index (χ2v) is 9.90. The second kappa shape index (κ2) is 13.0. The van der Waals surface area contributed by atoms with Crippen molar-refractivity contribution in [1.29, 1.82) is 10.5 Å². The number of nitriles is 2. The van der Waals surface area contributed by atoms with Crippen molar-refractivity contribution in [3.63, 3.8) is 0 Å². The number of hydrogen-bond acceptors (Lipinski definition) is 12. The molecule has 0 aliphatic carbocycles. The molecule has 12 heteroatoms. The first kappa shape index (κ1) is 29.0. The van der Waals surface area contributed by atoms with Gasteiger partial charge in [-0.3, -0.25) is 19.4 Å². The summed E-state index contributed by atoms with van der Waals surface area (Å²) in [6, 6.07) is 13.9. The van der Waals surface area contributed by atoms with E-state index >= 15 is 0 Å². The zero-order valence-electron chi connectivity index (χ0n) is 23.5. The van der Waals surface area contributed by atoms with Gasteiger partial charge in [-0.25, -0.2) is 0 Å². The molecule has 0 N–H and O–H groups in total. The number of benzene rings is 2. The molecule has 1 fully saturated rings. The van der Waals surface area contributed by atoms with E-state index in [2.05, 4.69) is 21.9 Å². The average molecular weight is 577 g/mol. The number of rotatable bonds is 10. The lowest BCUT2D eigenvalue weighted by atomic mass is 9.89. The third-order valence-electron chi connectivity index (χ3n) is 7.60. The van der Waals surface area contributed by atoms with Gasteiger partial charge in [0.25, 0.3) is 0 Å². The minimum atomic E-state index is -1.09. The van der Waals surface area contributed by atoms with Gasteiger partial charge < -0.3 is 28.4 Å².